The highest BCUT2D eigenvalue weighted by atomic mass is 35.5. The van der Waals surface area contributed by atoms with Crippen molar-refractivity contribution in [1.29, 1.82) is 5.26 Å². The molecule has 0 aliphatic heterocycles. The molecule has 1 aromatic carbocycles. The fourth-order valence-electron chi connectivity index (χ4n) is 2.86. The average Bonchev–Trinajstić information content (AvgIpc) is 3.38. The van der Waals surface area contributed by atoms with Crippen molar-refractivity contribution in [2.75, 3.05) is 24.6 Å². The van der Waals surface area contributed by atoms with Crippen LogP contribution in [0.3, 0.4) is 0 Å². The van der Waals surface area contributed by atoms with Gasteiger partial charge in [-0.3, -0.25) is 4.98 Å². The van der Waals surface area contributed by atoms with Gasteiger partial charge in [0.05, 0.1) is 21.8 Å². The van der Waals surface area contributed by atoms with E-state index in [0.717, 1.165) is 11.4 Å². The number of aromatic nitrogens is 2. The topological polar surface area (TPSA) is 121 Å². The molecular formula is C23H24ClN5O3S3. The van der Waals surface area contributed by atoms with Crippen molar-refractivity contribution in [3.63, 3.8) is 0 Å². The number of halogens is 1. The predicted molar refractivity (Wildman–Crippen MR) is 140 cm³/mol. The van der Waals surface area contributed by atoms with E-state index in [-0.39, 0.29) is 15.6 Å². The van der Waals surface area contributed by atoms with Gasteiger partial charge in [-0.15, -0.1) is 0 Å². The monoisotopic (exact) mass is 549 g/mol. The van der Waals surface area contributed by atoms with Crippen LogP contribution in [0.25, 0.3) is 0 Å². The maximum absolute atomic E-state index is 13.1. The summed E-state index contributed by atoms with van der Waals surface area (Å²) in [5.74, 6) is 2.19. The first-order chi connectivity index (χ1) is 17.0. The molecule has 2 N–H and O–H groups in total. The molecule has 3 rings (SSSR count). The first-order valence-electron chi connectivity index (χ1n) is 10.6. The molecule has 0 saturated carbocycles. The maximum atomic E-state index is 13.1. The van der Waals surface area contributed by atoms with Crippen molar-refractivity contribution < 1.29 is 12.8 Å². The van der Waals surface area contributed by atoms with Crippen molar-refractivity contribution >= 4 is 45.0 Å². The molecular weight excluding hydrogens is 526 g/mol. The van der Waals surface area contributed by atoms with Crippen molar-refractivity contribution in [2.45, 2.75) is 22.3 Å². The Labute approximate surface area is 218 Å². The number of benzene rings is 1. The number of hydrogen-bond donors (Lipinski definition) is 2. The van der Waals surface area contributed by atoms with Gasteiger partial charge in [0.2, 0.25) is 9.84 Å². The van der Waals surface area contributed by atoms with Crippen LogP contribution < -0.4 is 10.6 Å². The predicted octanol–water partition coefficient (Wildman–Crippen LogP) is 4.48. The third-order valence-electron chi connectivity index (χ3n) is 4.53. The molecule has 2 aromatic heterocycles. The molecule has 0 bridgehead atoms. The Balaban J connectivity index is 1.64. The number of rotatable bonds is 14. The molecule has 0 saturated heterocycles. The molecule has 0 amide bonds. The minimum absolute atomic E-state index is 0.0660. The molecule has 35 heavy (non-hydrogen) atoms. The molecule has 3 aromatic rings. The fourth-order valence-corrected chi connectivity index (χ4v) is 5.95. The molecule has 0 unspecified atom stereocenters. The summed E-state index contributed by atoms with van der Waals surface area (Å²) in [5.41, 5.74) is 0.793. The number of thioether (sulfide) groups is 2. The summed E-state index contributed by atoms with van der Waals surface area (Å²) in [6.07, 6.45) is 5.49. The van der Waals surface area contributed by atoms with E-state index in [4.69, 9.17) is 16.0 Å². The highest BCUT2D eigenvalue weighted by Crippen LogP contribution is 2.21. The second-order valence-electron chi connectivity index (χ2n) is 6.97. The summed E-state index contributed by atoms with van der Waals surface area (Å²) in [6.45, 7) is 0.903. The first-order valence-corrected chi connectivity index (χ1v) is 14.6. The van der Waals surface area contributed by atoms with E-state index >= 15 is 0 Å². The molecule has 0 aliphatic rings. The van der Waals surface area contributed by atoms with Crippen LogP contribution in [0.2, 0.25) is 5.02 Å². The Hall–Kier alpha value is -2.65. The van der Waals surface area contributed by atoms with Gasteiger partial charge < -0.3 is 15.1 Å². The standard InChI is InChI=1S/C23H24ClN5O3S3/c24-19-8-4-9-26-20(19)17-33-15-12-28-22(27-10-5-14-34-23-29-11-13-32-23)21(16-25)35(30,31)18-6-2-1-3-7-18/h1-4,6-9,11,13,27-28H,5,10,12,14-15,17H2. The average molecular weight is 550 g/mol. The van der Waals surface area contributed by atoms with Crippen LogP contribution in [0.1, 0.15) is 12.1 Å². The first kappa shape index (κ1) is 26.9. The summed E-state index contributed by atoms with van der Waals surface area (Å²) >= 11 is 9.21. The second kappa shape index (κ2) is 14.0. The molecule has 2 heterocycles. The third-order valence-corrected chi connectivity index (χ3v) is 8.51. The van der Waals surface area contributed by atoms with E-state index in [1.54, 1.807) is 54.5 Å². The van der Waals surface area contributed by atoms with E-state index in [1.165, 1.54) is 30.2 Å². The quantitative estimate of drug-likeness (QED) is 0.169. The van der Waals surface area contributed by atoms with Crippen molar-refractivity contribution in [1.82, 2.24) is 20.6 Å². The van der Waals surface area contributed by atoms with Gasteiger partial charge in [-0.05, 0) is 30.7 Å². The number of nitrogens with one attached hydrogen (secondary N) is 2. The van der Waals surface area contributed by atoms with Crippen LogP contribution in [0.15, 0.2) is 86.4 Å². The second-order valence-corrected chi connectivity index (χ2v) is 11.4. The number of nitrogens with zero attached hydrogens (tertiary/aromatic N) is 3. The smallest absolute Gasteiger partial charge is 0.255 e. The summed E-state index contributed by atoms with van der Waals surface area (Å²) < 4.78 is 31.5. The molecule has 0 aliphatic carbocycles. The Bertz CT molecular complexity index is 1250. The highest BCUT2D eigenvalue weighted by Gasteiger charge is 2.25. The van der Waals surface area contributed by atoms with Crippen LogP contribution in [-0.4, -0.2) is 43.0 Å². The fraction of sp³-hybridized carbons (Fsp3) is 0.261. The summed E-state index contributed by atoms with van der Waals surface area (Å²) in [6, 6.07) is 13.4. The molecule has 8 nitrogen and oxygen atoms in total. The van der Waals surface area contributed by atoms with Gasteiger partial charge in [0.1, 0.15) is 18.2 Å². The van der Waals surface area contributed by atoms with Crippen LogP contribution in [-0.2, 0) is 15.6 Å². The van der Waals surface area contributed by atoms with Crippen LogP contribution >= 0.6 is 35.1 Å². The highest BCUT2D eigenvalue weighted by molar-refractivity contribution is 7.99. The normalized spacial score (nSPS) is 12.0. The lowest BCUT2D eigenvalue weighted by atomic mass is 10.4. The van der Waals surface area contributed by atoms with Crippen molar-refractivity contribution in [3.8, 4) is 6.07 Å². The summed E-state index contributed by atoms with van der Waals surface area (Å²) in [4.78, 5) is 8.04. The van der Waals surface area contributed by atoms with Gasteiger partial charge in [0.15, 0.2) is 4.91 Å². The lowest BCUT2D eigenvalue weighted by Crippen LogP contribution is -2.32. The maximum Gasteiger partial charge on any atom is 0.255 e. The van der Waals surface area contributed by atoms with Gasteiger partial charge in [-0.2, -0.15) is 17.0 Å². The van der Waals surface area contributed by atoms with Gasteiger partial charge in [-0.1, -0.05) is 41.6 Å². The van der Waals surface area contributed by atoms with Gasteiger partial charge in [0, 0.05) is 36.5 Å². The van der Waals surface area contributed by atoms with Gasteiger partial charge >= 0.3 is 0 Å². The minimum atomic E-state index is -3.99. The number of pyridine rings is 1. The van der Waals surface area contributed by atoms with Crippen LogP contribution in [0, 0.1) is 11.3 Å². The van der Waals surface area contributed by atoms with E-state index in [1.807, 2.05) is 6.07 Å². The number of oxazole rings is 1. The number of sulfone groups is 1. The Morgan fingerprint density at radius 3 is 2.57 bits per heavy atom. The molecule has 0 radical (unpaired) electrons. The van der Waals surface area contributed by atoms with Gasteiger partial charge in [0.25, 0.3) is 5.22 Å². The van der Waals surface area contributed by atoms with Crippen molar-refractivity contribution in [2.24, 2.45) is 0 Å². The Morgan fingerprint density at radius 2 is 1.86 bits per heavy atom. The SMILES string of the molecule is N#CC(=C(NCCCSc1ncco1)NCCSCc1ncccc1Cl)S(=O)(=O)c1ccccc1. The number of nitriles is 1. The number of allylic oxidation sites excluding steroid dienone is 1. The molecule has 0 atom stereocenters. The van der Waals surface area contributed by atoms with Crippen LogP contribution in [0.4, 0.5) is 0 Å². The molecule has 0 spiro atoms. The Kier molecular flexibility index (Phi) is 10.8. The van der Waals surface area contributed by atoms with Crippen molar-refractivity contribution in [3.05, 3.63) is 82.6 Å². The molecule has 184 valence electrons. The largest absolute Gasteiger partial charge is 0.440 e. The van der Waals surface area contributed by atoms with Crippen LogP contribution in [0.5, 0.6) is 0 Å². The summed E-state index contributed by atoms with van der Waals surface area (Å²) in [5, 5.41) is 17.2. The van der Waals surface area contributed by atoms with Gasteiger partial charge in [-0.25, -0.2) is 13.4 Å². The third kappa shape index (κ3) is 8.21. The zero-order valence-electron chi connectivity index (χ0n) is 18.7. The van der Waals surface area contributed by atoms with E-state index < -0.39 is 9.84 Å². The van der Waals surface area contributed by atoms with E-state index in [0.29, 0.717) is 41.3 Å². The molecule has 12 heteroatoms. The van der Waals surface area contributed by atoms with E-state index in [9.17, 15) is 13.7 Å². The van der Waals surface area contributed by atoms with E-state index in [2.05, 4.69) is 20.6 Å². The Morgan fingerprint density at radius 1 is 1.06 bits per heavy atom. The molecule has 0 fully saturated rings. The zero-order valence-corrected chi connectivity index (χ0v) is 21.9. The number of hydrogen-bond acceptors (Lipinski definition) is 10. The lowest BCUT2D eigenvalue weighted by molar-refractivity contribution is 0.454. The summed E-state index contributed by atoms with van der Waals surface area (Å²) in [7, 11) is -3.99. The lowest BCUT2D eigenvalue weighted by Gasteiger charge is -2.16. The zero-order chi connectivity index (χ0) is 24.9. The minimum Gasteiger partial charge on any atom is -0.440 e.